The first-order valence-electron chi connectivity index (χ1n) is 0.943. The van der Waals surface area contributed by atoms with Crippen LogP contribution in [0.4, 0.5) is 0 Å². The summed E-state index contributed by atoms with van der Waals surface area (Å²) < 4.78 is 33.8. The Bertz CT molecular complexity index is 37.5. The van der Waals surface area contributed by atoms with Gasteiger partial charge < -0.3 is 9.41 Å². The second kappa shape index (κ2) is 63.8. The van der Waals surface area contributed by atoms with Crippen LogP contribution in [0.15, 0.2) is 0 Å². The van der Waals surface area contributed by atoms with E-state index in [1.54, 1.807) is 0 Å². The molecule has 0 aromatic heterocycles. The first-order chi connectivity index (χ1) is 2.83. The molecule has 0 aromatic carbocycles. The second-order valence-electron chi connectivity index (χ2n) is 0.192. The molecular formula is Al2F2O4Zr. The van der Waals surface area contributed by atoms with E-state index in [-0.39, 0.29) is 35.6 Å². The third-order valence-electron chi connectivity index (χ3n) is 0. The number of hydrogen-bond acceptors (Lipinski definition) is 4. The van der Waals surface area contributed by atoms with Crippen molar-refractivity contribution < 1.29 is 51.5 Å². The van der Waals surface area contributed by atoms with Gasteiger partial charge in [0, 0.05) is 0 Å². The van der Waals surface area contributed by atoms with E-state index in [0.29, 0.717) is 0 Å². The summed E-state index contributed by atoms with van der Waals surface area (Å²) in [5, 5.41) is 0. The molecule has 0 amide bonds. The third kappa shape index (κ3) is 435. The molecule has 9 heavy (non-hydrogen) atoms. The van der Waals surface area contributed by atoms with E-state index in [1.165, 1.54) is 0 Å². The number of halogens is 2. The average molecular weight is 247 g/mol. The van der Waals surface area contributed by atoms with Gasteiger partial charge in [-0.05, 0) is 0 Å². The van der Waals surface area contributed by atoms with Crippen LogP contribution in [-0.2, 0) is 33.8 Å². The molecule has 0 aliphatic carbocycles. The Hall–Kier alpha value is 1.01. The van der Waals surface area contributed by atoms with Gasteiger partial charge in [0.2, 0.25) is 0 Å². The molecule has 4 nitrogen and oxygen atoms in total. The van der Waals surface area contributed by atoms with Gasteiger partial charge in [0.15, 0.2) is 0 Å². The fraction of sp³-hybridized carbons (Fsp3) is 0. The van der Waals surface area contributed by atoms with E-state index in [9.17, 15) is 0 Å². The molecule has 0 atom stereocenters. The zero-order chi connectivity index (χ0) is 5.41. The predicted molar refractivity (Wildman–Crippen MR) is 12.9 cm³/mol. The van der Waals surface area contributed by atoms with Gasteiger partial charge in [-0.3, -0.25) is 0 Å². The topological polar surface area (TPSA) is 80.3 Å². The molecule has 0 saturated heterocycles. The summed E-state index contributed by atoms with van der Waals surface area (Å²) >= 11 is -3.50. The molecular weight excluding hydrogens is 247 g/mol. The predicted octanol–water partition coefficient (Wildman–Crippen LogP) is -9.37. The molecule has 0 heterocycles. The average Bonchev–Trinajstić information content (AvgIpc) is 1.39. The van der Waals surface area contributed by atoms with Crippen LogP contribution in [-0.4, -0.2) is 31.0 Å². The van der Waals surface area contributed by atoms with Gasteiger partial charge in [-0.25, -0.2) is 0 Å². The Kier molecular flexibility index (Phi) is 230. The zero-order valence-electron chi connectivity index (χ0n) is 4.04. The van der Waals surface area contributed by atoms with Gasteiger partial charge in [0.25, 0.3) is 0 Å². The van der Waals surface area contributed by atoms with E-state index in [2.05, 4.69) is 0 Å². The molecule has 0 bridgehead atoms. The van der Waals surface area contributed by atoms with Crippen LogP contribution in [0.25, 0.3) is 0 Å². The van der Waals surface area contributed by atoms with E-state index in [1.807, 2.05) is 0 Å². The van der Waals surface area contributed by atoms with Crippen molar-refractivity contribution in [1.29, 1.82) is 0 Å². The molecule has 0 radical (unpaired) electrons. The van der Waals surface area contributed by atoms with Crippen molar-refractivity contribution in [3.05, 3.63) is 0 Å². The summed E-state index contributed by atoms with van der Waals surface area (Å²) in [5.41, 5.74) is 0. The van der Waals surface area contributed by atoms with E-state index in [4.69, 9.17) is 15.9 Å². The maximum atomic E-state index is 8.46. The SMILES string of the molecule is [F-].[F-].[O]=[Al][O-].[O]=[Al][O-].[Zr+4]. The van der Waals surface area contributed by atoms with Crippen LogP contribution in [0.3, 0.4) is 0 Å². The molecule has 48 valence electrons. The van der Waals surface area contributed by atoms with Crippen molar-refractivity contribution in [2.45, 2.75) is 0 Å². The van der Waals surface area contributed by atoms with Gasteiger partial charge >= 0.3 is 73.1 Å². The maximum Gasteiger partial charge on any atom is 4.00 e. The summed E-state index contributed by atoms with van der Waals surface area (Å²) in [5.74, 6) is 0. The van der Waals surface area contributed by atoms with E-state index in [0.717, 1.165) is 0 Å². The van der Waals surface area contributed by atoms with Crippen LogP contribution in [0.2, 0.25) is 0 Å². The smallest absolute Gasteiger partial charge is 4.00 e. The molecule has 0 aliphatic rings. The van der Waals surface area contributed by atoms with Crippen LogP contribution in [0, 0.1) is 0 Å². The van der Waals surface area contributed by atoms with Crippen LogP contribution < -0.4 is 17.7 Å². The molecule has 0 fully saturated rings. The largest absolute Gasteiger partial charge is 4.00 e. The Balaban J connectivity index is -0.00000000889. The van der Waals surface area contributed by atoms with Crippen LogP contribution >= 0.6 is 0 Å². The summed E-state index contributed by atoms with van der Waals surface area (Å²) in [7, 11) is 0. The Labute approximate surface area is 82.0 Å². The standard InChI is InChI=1S/2Al.2FH.4O.Zr/h;;2*1H;;;;;/q;;;;;;2*-1;+4/p-2. The van der Waals surface area contributed by atoms with Gasteiger partial charge in [0.1, 0.15) is 0 Å². The second-order valence-corrected chi connectivity index (χ2v) is 0.577. The van der Waals surface area contributed by atoms with Crippen molar-refractivity contribution >= 4 is 31.0 Å². The molecule has 0 saturated carbocycles. The van der Waals surface area contributed by atoms with Crippen molar-refractivity contribution in [3.8, 4) is 0 Å². The minimum atomic E-state index is -1.75. The fourth-order valence-electron chi connectivity index (χ4n) is 0. The van der Waals surface area contributed by atoms with E-state index >= 15 is 0 Å². The molecule has 0 N–H and O–H groups in total. The van der Waals surface area contributed by atoms with Crippen molar-refractivity contribution in [3.63, 3.8) is 0 Å². The fourth-order valence-corrected chi connectivity index (χ4v) is 0. The van der Waals surface area contributed by atoms with E-state index < -0.39 is 31.0 Å². The van der Waals surface area contributed by atoms with Crippen LogP contribution in [0.1, 0.15) is 0 Å². The summed E-state index contributed by atoms with van der Waals surface area (Å²) in [6.45, 7) is 0. The summed E-state index contributed by atoms with van der Waals surface area (Å²) in [6, 6.07) is 0. The van der Waals surface area contributed by atoms with Crippen molar-refractivity contribution in [1.82, 2.24) is 0 Å². The number of hydrogen-bond donors (Lipinski definition) is 0. The van der Waals surface area contributed by atoms with Gasteiger partial charge in [-0.2, -0.15) is 0 Å². The molecule has 0 aromatic rings. The Morgan fingerprint density at radius 1 is 0.889 bits per heavy atom. The normalized spacial score (nSPS) is 1.78. The maximum absolute atomic E-state index is 8.46. The van der Waals surface area contributed by atoms with Gasteiger partial charge in [-0.15, -0.1) is 0 Å². The van der Waals surface area contributed by atoms with Crippen molar-refractivity contribution in [2.75, 3.05) is 0 Å². The minimum Gasteiger partial charge on any atom is 4.00 e. The first-order valence-corrected chi connectivity index (χ1v) is 2.83. The Morgan fingerprint density at radius 2 is 0.889 bits per heavy atom. The molecule has 0 unspecified atom stereocenters. The summed E-state index contributed by atoms with van der Waals surface area (Å²) in [4.78, 5) is 0. The van der Waals surface area contributed by atoms with Crippen LogP contribution in [0.5, 0.6) is 0 Å². The molecule has 9 heteroatoms. The quantitative estimate of drug-likeness (QED) is 0.398. The number of rotatable bonds is 0. The summed E-state index contributed by atoms with van der Waals surface area (Å²) in [6.07, 6.45) is 0. The zero-order valence-corrected chi connectivity index (χ0v) is 8.81. The van der Waals surface area contributed by atoms with Gasteiger partial charge in [0.05, 0.1) is 0 Å². The molecule has 0 rings (SSSR count). The third-order valence-corrected chi connectivity index (χ3v) is 0. The molecule has 0 aliphatic heterocycles. The minimum absolute atomic E-state index is 0. The Morgan fingerprint density at radius 3 is 0.889 bits per heavy atom. The van der Waals surface area contributed by atoms with Gasteiger partial charge in [-0.1, -0.05) is 0 Å². The monoisotopic (exact) mass is 246 g/mol. The first kappa shape index (κ1) is 32.4. The molecule has 0 spiro atoms. The van der Waals surface area contributed by atoms with Crippen molar-refractivity contribution in [2.24, 2.45) is 0 Å².